The van der Waals surface area contributed by atoms with Gasteiger partial charge in [0.15, 0.2) is 0 Å². The Kier molecular flexibility index (Phi) is 9.30. The van der Waals surface area contributed by atoms with E-state index in [1.807, 2.05) is 35.2 Å². The van der Waals surface area contributed by atoms with Crippen molar-refractivity contribution in [3.63, 3.8) is 0 Å². The van der Waals surface area contributed by atoms with Crippen LogP contribution in [-0.2, 0) is 17.6 Å². The molecule has 0 radical (unpaired) electrons. The van der Waals surface area contributed by atoms with E-state index in [0.717, 1.165) is 43.4 Å². The normalized spacial score (nSPS) is 16.8. The van der Waals surface area contributed by atoms with E-state index in [0.29, 0.717) is 36.4 Å². The van der Waals surface area contributed by atoms with E-state index in [9.17, 15) is 9.18 Å². The van der Waals surface area contributed by atoms with Gasteiger partial charge in [-0.2, -0.15) is 0 Å². The summed E-state index contributed by atoms with van der Waals surface area (Å²) in [5, 5.41) is 0.674. The number of nitrogens with zero attached hydrogens (tertiary/aromatic N) is 2. The first-order valence-electron chi connectivity index (χ1n) is 12.0. The zero-order chi connectivity index (χ0) is 24.0. The van der Waals surface area contributed by atoms with Crippen molar-refractivity contribution in [3.8, 4) is 0 Å². The minimum Gasteiger partial charge on any atom is -0.341 e. The second-order valence-corrected chi connectivity index (χ2v) is 10.1. The molecule has 1 unspecified atom stereocenters. The van der Waals surface area contributed by atoms with Crippen molar-refractivity contribution in [2.75, 3.05) is 33.7 Å². The minimum absolute atomic E-state index is 0.000223. The Labute approximate surface area is 202 Å². The highest BCUT2D eigenvalue weighted by Crippen LogP contribution is 2.32. The van der Waals surface area contributed by atoms with Gasteiger partial charge in [0.2, 0.25) is 5.91 Å². The molecular formula is C27H37ClFN3O. The highest BCUT2D eigenvalue weighted by Gasteiger charge is 2.28. The number of rotatable bonds is 9. The van der Waals surface area contributed by atoms with Crippen molar-refractivity contribution in [1.82, 2.24) is 9.80 Å². The number of piperidine rings is 1. The molecule has 1 amide bonds. The first-order chi connectivity index (χ1) is 15.8. The third-order valence-electron chi connectivity index (χ3n) is 6.75. The van der Waals surface area contributed by atoms with Crippen LogP contribution < -0.4 is 5.73 Å². The van der Waals surface area contributed by atoms with Crippen LogP contribution in [0.3, 0.4) is 0 Å². The fraction of sp³-hybridized carbons (Fsp3) is 0.519. The summed E-state index contributed by atoms with van der Waals surface area (Å²) < 4.78 is 14.1. The third-order valence-corrected chi connectivity index (χ3v) is 7.00. The number of carbonyl (C=O) groups excluding carboxylic acids is 1. The maximum atomic E-state index is 14.1. The molecule has 0 saturated carbocycles. The van der Waals surface area contributed by atoms with Crippen molar-refractivity contribution in [3.05, 3.63) is 70.0 Å². The molecule has 0 aromatic heterocycles. The molecule has 180 valence electrons. The summed E-state index contributed by atoms with van der Waals surface area (Å²) in [5.74, 6) is 0.663. The minimum atomic E-state index is -0.555. The van der Waals surface area contributed by atoms with Gasteiger partial charge in [-0.15, -0.1) is 0 Å². The van der Waals surface area contributed by atoms with Gasteiger partial charge >= 0.3 is 0 Å². The van der Waals surface area contributed by atoms with Gasteiger partial charge in [-0.25, -0.2) is 4.39 Å². The lowest BCUT2D eigenvalue weighted by Crippen LogP contribution is -2.47. The van der Waals surface area contributed by atoms with Gasteiger partial charge in [-0.05, 0) is 92.6 Å². The summed E-state index contributed by atoms with van der Waals surface area (Å²) in [5.41, 5.74) is 9.61. The number of benzene rings is 2. The molecule has 1 aliphatic heterocycles. The molecule has 2 N–H and O–H groups in total. The van der Waals surface area contributed by atoms with Crippen LogP contribution in [-0.4, -0.2) is 55.5 Å². The molecule has 1 aliphatic rings. The summed E-state index contributed by atoms with van der Waals surface area (Å²) in [4.78, 5) is 17.0. The number of amides is 1. The van der Waals surface area contributed by atoms with Crippen LogP contribution in [0.15, 0.2) is 42.5 Å². The Bertz CT molecular complexity index is 910. The molecule has 4 nitrogen and oxygen atoms in total. The van der Waals surface area contributed by atoms with Crippen LogP contribution in [0.4, 0.5) is 4.39 Å². The number of hydrogen-bond donors (Lipinski definition) is 1. The molecule has 3 rings (SSSR count). The summed E-state index contributed by atoms with van der Waals surface area (Å²) in [7, 11) is 4.17. The van der Waals surface area contributed by atoms with E-state index in [4.69, 9.17) is 17.3 Å². The molecule has 1 saturated heterocycles. The predicted octanol–water partition coefficient (Wildman–Crippen LogP) is 4.89. The highest BCUT2D eigenvalue weighted by molar-refractivity contribution is 6.30. The fourth-order valence-electron chi connectivity index (χ4n) is 4.92. The van der Waals surface area contributed by atoms with Gasteiger partial charge in [-0.1, -0.05) is 43.1 Å². The maximum Gasteiger partial charge on any atom is 0.239 e. The van der Waals surface area contributed by atoms with Gasteiger partial charge in [0.1, 0.15) is 5.82 Å². The molecule has 0 aliphatic carbocycles. The average molecular weight is 474 g/mol. The number of halogens is 2. The van der Waals surface area contributed by atoms with Gasteiger partial charge < -0.3 is 15.5 Å². The summed E-state index contributed by atoms with van der Waals surface area (Å²) >= 11 is 5.95. The summed E-state index contributed by atoms with van der Waals surface area (Å²) in [6.07, 6.45) is 4.20. The molecule has 6 heteroatoms. The van der Waals surface area contributed by atoms with Gasteiger partial charge in [-0.3, -0.25) is 4.79 Å². The first-order valence-corrected chi connectivity index (χ1v) is 12.4. The van der Waals surface area contributed by atoms with E-state index in [1.54, 1.807) is 12.1 Å². The number of likely N-dealkylation sites (tertiary alicyclic amines) is 1. The van der Waals surface area contributed by atoms with Crippen molar-refractivity contribution in [1.29, 1.82) is 0 Å². The zero-order valence-electron chi connectivity index (χ0n) is 20.1. The first kappa shape index (κ1) is 25.7. The molecule has 2 aromatic carbocycles. The zero-order valence-corrected chi connectivity index (χ0v) is 20.8. The molecule has 2 aromatic rings. The van der Waals surface area contributed by atoms with Crippen LogP contribution in [0.1, 0.15) is 48.8 Å². The lowest BCUT2D eigenvalue weighted by molar-refractivity contribution is -0.133. The van der Waals surface area contributed by atoms with Crippen LogP contribution in [0.25, 0.3) is 0 Å². The maximum absolute atomic E-state index is 14.1. The number of carbonyl (C=O) groups is 1. The topological polar surface area (TPSA) is 49.6 Å². The Balaban J connectivity index is 1.62. The van der Waals surface area contributed by atoms with Crippen LogP contribution in [0.5, 0.6) is 0 Å². The van der Waals surface area contributed by atoms with E-state index in [2.05, 4.69) is 25.9 Å². The lowest BCUT2D eigenvalue weighted by Gasteiger charge is -2.35. The Morgan fingerprint density at radius 2 is 1.82 bits per heavy atom. The van der Waals surface area contributed by atoms with E-state index < -0.39 is 6.04 Å². The van der Waals surface area contributed by atoms with Crippen LogP contribution >= 0.6 is 11.6 Å². The lowest BCUT2D eigenvalue weighted by atomic mass is 9.83. The molecular weight excluding hydrogens is 437 g/mol. The SMILES string of the molecule is CCC(Cc1cc(F)ccc1C1CCN(C(=O)[C@H](N)Cc2ccc(Cl)cc2)CC1)CN(C)C. The van der Waals surface area contributed by atoms with E-state index in [-0.39, 0.29) is 11.7 Å². The van der Waals surface area contributed by atoms with Gasteiger partial charge in [0.25, 0.3) is 0 Å². The number of nitrogens with two attached hydrogens (primary N) is 1. The largest absolute Gasteiger partial charge is 0.341 e. The van der Waals surface area contributed by atoms with Crippen molar-refractivity contribution >= 4 is 17.5 Å². The Morgan fingerprint density at radius 1 is 1.15 bits per heavy atom. The highest BCUT2D eigenvalue weighted by atomic mass is 35.5. The number of hydrogen-bond acceptors (Lipinski definition) is 3. The predicted molar refractivity (Wildman–Crippen MR) is 134 cm³/mol. The second kappa shape index (κ2) is 12.0. The quantitative estimate of drug-likeness (QED) is 0.564. The van der Waals surface area contributed by atoms with Crippen molar-refractivity contribution < 1.29 is 9.18 Å². The molecule has 1 fully saturated rings. The van der Waals surface area contributed by atoms with Gasteiger partial charge in [0, 0.05) is 24.7 Å². The van der Waals surface area contributed by atoms with Crippen LogP contribution in [0.2, 0.25) is 5.02 Å². The Morgan fingerprint density at radius 3 is 2.42 bits per heavy atom. The fourth-order valence-corrected chi connectivity index (χ4v) is 5.05. The Hall–Kier alpha value is -1.95. The molecule has 0 spiro atoms. The molecule has 0 bridgehead atoms. The standard InChI is InChI=1S/C27H37ClFN3O/c1-4-19(18-31(2)3)15-22-17-24(29)9-10-25(22)21-11-13-32(14-12-21)27(33)26(30)16-20-5-7-23(28)8-6-20/h5-10,17,19,21,26H,4,11-16,18,30H2,1-3H3/t19?,26-/m1/s1. The summed E-state index contributed by atoms with van der Waals surface area (Å²) in [6.45, 7) is 4.56. The molecule has 1 heterocycles. The monoisotopic (exact) mass is 473 g/mol. The van der Waals surface area contributed by atoms with Crippen molar-refractivity contribution in [2.24, 2.45) is 11.7 Å². The molecule has 33 heavy (non-hydrogen) atoms. The second-order valence-electron chi connectivity index (χ2n) is 9.62. The molecule has 2 atom stereocenters. The van der Waals surface area contributed by atoms with Gasteiger partial charge in [0.05, 0.1) is 6.04 Å². The summed E-state index contributed by atoms with van der Waals surface area (Å²) in [6, 6.07) is 12.2. The van der Waals surface area contributed by atoms with Crippen molar-refractivity contribution in [2.45, 2.75) is 51.0 Å². The third kappa shape index (κ3) is 7.26. The van der Waals surface area contributed by atoms with E-state index >= 15 is 0 Å². The average Bonchev–Trinajstić information content (AvgIpc) is 2.79. The van der Waals surface area contributed by atoms with E-state index in [1.165, 1.54) is 5.56 Å². The smallest absolute Gasteiger partial charge is 0.239 e. The van der Waals surface area contributed by atoms with Crippen LogP contribution in [0, 0.1) is 11.7 Å².